The van der Waals surface area contributed by atoms with Gasteiger partial charge in [0.2, 0.25) is 5.91 Å². The molecule has 3 aromatic heterocycles. The number of rotatable bonds is 5. The average Bonchev–Trinajstić information content (AvgIpc) is 3.38. The Kier molecular flexibility index (Phi) is 5.15. The number of hydrogen-bond acceptors (Lipinski definition) is 6. The number of aryl methyl sites for hydroxylation is 2. The molecule has 3 aromatic rings. The third kappa shape index (κ3) is 4.00. The molecule has 0 atom stereocenters. The quantitative estimate of drug-likeness (QED) is 0.677. The number of amides is 1. The molecular weight excluding hydrogens is 360 g/mol. The maximum absolute atomic E-state index is 12.5. The second-order valence-electron chi connectivity index (χ2n) is 6.59. The minimum atomic E-state index is 0.238. The van der Waals surface area contributed by atoms with Gasteiger partial charge in [0.15, 0.2) is 11.6 Å². The first kappa shape index (κ1) is 17.7. The van der Waals surface area contributed by atoms with Gasteiger partial charge in [-0.1, -0.05) is 0 Å². The molecule has 0 aromatic carbocycles. The normalized spacial score (nSPS) is 14.6. The van der Waals surface area contributed by atoms with E-state index < -0.39 is 0 Å². The fourth-order valence-electron chi connectivity index (χ4n) is 3.24. The van der Waals surface area contributed by atoms with E-state index in [2.05, 4.69) is 38.6 Å². The molecule has 140 valence electrons. The van der Waals surface area contributed by atoms with Crippen LogP contribution in [0.4, 0.5) is 5.82 Å². The summed E-state index contributed by atoms with van der Waals surface area (Å²) in [5, 5.41) is 14.8. The first-order valence-electron chi connectivity index (χ1n) is 9.10. The molecule has 1 aliphatic heterocycles. The van der Waals surface area contributed by atoms with Crippen LogP contribution in [0.15, 0.2) is 42.0 Å². The van der Waals surface area contributed by atoms with E-state index in [-0.39, 0.29) is 5.91 Å². The molecule has 8 heteroatoms. The predicted octanol–water partition coefficient (Wildman–Crippen LogP) is 2.31. The number of anilines is 1. The lowest BCUT2D eigenvalue weighted by atomic mass is 10.2. The van der Waals surface area contributed by atoms with Gasteiger partial charge in [-0.25, -0.2) is 4.68 Å². The Morgan fingerprint density at radius 3 is 2.52 bits per heavy atom. The number of piperazine rings is 1. The van der Waals surface area contributed by atoms with Gasteiger partial charge in [-0.15, -0.1) is 21.5 Å². The molecule has 1 amide bonds. The highest BCUT2D eigenvalue weighted by Crippen LogP contribution is 2.19. The van der Waals surface area contributed by atoms with Crippen LogP contribution in [0.5, 0.6) is 0 Å². The summed E-state index contributed by atoms with van der Waals surface area (Å²) >= 11 is 1.74. The zero-order valence-electron chi connectivity index (χ0n) is 15.3. The summed E-state index contributed by atoms with van der Waals surface area (Å²) in [4.78, 5) is 17.9. The number of thiophene rings is 1. The molecule has 0 bridgehead atoms. The van der Waals surface area contributed by atoms with Gasteiger partial charge in [-0.3, -0.25) is 4.79 Å². The van der Waals surface area contributed by atoms with Gasteiger partial charge in [0.25, 0.3) is 0 Å². The van der Waals surface area contributed by atoms with Crippen molar-refractivity contribution in [3.05, 3.63) is 52.5 Å². The third-order valence-electron chi connectivity index (χ3n) is 4.87. The van der Waals surface area contributed by atoms with Crippen LogP contribution in [0.1, 0.15) is 16.9 Å². The molecule has 0 unspecified atom stereocenters. The first-order chi connectivity index (χ1) is 13.2. The third-order valence-corrected chi connectivity index (χ3v) is 5.95. The Bertz CT molecular complexity index is 881. The van der Waals surface area contributed by atoms with Crippen molar-refractivity contribution >= 4 is 23.1 Å². The second-order valence-corrected chi connectivity index (χ2v) is 7.60. The minimum Gasteiger partial charge on any atom is -0.352 e. The van der Waals surface area contributed by atoms with Crippen LogP contribution in [-0.2, 0) is 11.2 Å². The molecule has 0 aliphatic carbocycles. The Hall–Kier alpha value is -2.74. The molecule has 0 N–H and O–H groups in total. The van der Waals surface area contributed by atoms with Gasteiger partial charge in [0.1, 0.15) is 0 Å². The summed E-state index contributed by atoms with van der Waals surface area (Å²) in [6.07, 6.45) is 4.97. The van der Waals surface area contributed by atoms with Crippen molar-refractivity contribution in [3.63, 3.8) is 0 Å². The van der Waals surface area contributed by atoms with Crippen LogP contribution in [0, 0.1) is 6.92 Å². The van der Waals surface area contributed by atoms with Crippen LogP contribution in [0.2, 0.25) is 0 Å². The van der Waals surface area contributed by atoms with Gasteiger partial charge < -0.3 is 9.80 Å². The van der Waals surface area contributed by atoms with Crippen molar-refractivity contribution in [3.8, 4) is 5.82 Å². The van der Waals surface area contributed by atoms with Crippen LogP contribution in [-0.4, -0.2) is 57.0 Å². The predicted molar refractivity (Wildman–Crippen MR) is 105 cm³/mol. The fourth-order valence-corrected chi connectivity index (χ4v) is 4.15. The fraction of sp³-hybridized carbons (Fsp3) is 0.368. The van der Waals surface area contributed by atoms with E-state index in [1.165, 1.54) is 10.4 Å². The SMILES string of the molecule is Cc1ccsc1CCC(=O)N1CCN(c2ccc(-n3cccn3)nn2)CC1. The zero-order valence-corrected chi connectivity index (χ0v) is 16.1. The van der Waals surface area contributed by atoms with Crippen molar-refractivity contribution in [1.29, 1.82) is 0 Å². The molecule has 4 rings (SSSR count). The lowest BCUT2D eigenvalue weighted by Gasteiger charge is -2.35. The monoisotopic (exact) mass is 382 g/mol. The molecule has 0 spiro atoms. The largest absolute Gasteiger partial charge is 0.352 e. The van der Waals surface area contributed by atoms with Crippen LogP contribution < -0.4 is 4.90 Å². The van der Waals surface area contributed by atoms with Crippen molar-refractivity contribution in [2.75, 3.05) is 31.1 Å². The van der Waals surface area contributed by atoms with Crippen LogP contribution in [0.25, 0.3) is 5.82 Å². The van der Waals surface area contributed by atoms with Crippen LogP contribution in [0.3, 0.4) is 0 Å². The number of carbonyl (C=O) groups is 1. The van der Waals surface area contributed by atoms with E-state index in [9.17, 15) is 4.79 Å². The molecule has 27 heavy (non-hydrogen) atoms. The molecule has 1 fully saturated rings. The van der Waals surface area contributed by atoms with Gasteiger partial charge in [-0.2, -0.15) is 5.10 Å². The first-order valence-corrected chi connectivity index (χ1v) is 9.98. The van der Waals surface area contributed by atoms with Gasteiger partial charge in [0.05, 0.1) is 0 Å². The smallest absolute Gasteiger partial charge is 0.223 e. The van der Waals surface area contributed by atoms with Crippen LogP contribution >= 0.6 is 11.3 Å². The Morgan fingerprint density at radius 1 is 1.11 bits per heavy atom. The molecule has 4 heterocycles. The van der Waals surface area contributed by atoms with E-state index in [1.807, 2.05) is 29.3 Å². The highest BCUT2D eigenvalue weighted by atomic mass is 32.1. The number of aromatic nitrogens is 4. The van der Waals surface area contributed by atoms with Crippen molar-refractivity contribution in [1.82, 2.24) is 24.9 Å². The lowest BCUT2D eigenvalue weighted by Crippen LogP contribution is -2.49. The zero-order chi connectivity index (χ0) is 18.6. The summed E-state index contributed by atoms with van der Waals surface area (Å²) in [7, 11) is 0. The summed E-state index contributed by atoms with van der Waals surface area (Å²) in [6, 6.07) is 7.84. The average molecular weight is 382 g/mol. The number of nitrogens with zero attached hydrogens (tertiary/aromatic N) is 6. The lowest BCUT2D eigenvalue weighted by molar-refractivity contribution is -0.131. The second kappa shape index (κ2) is 7.87. The Morgan fingerprint density at radius 2 is 1.89 bits per heavy atom. The minimum absolute atomic E-state index is 0.238. The molecule has 1 saturated heterocycles. The maximum atomic E-state index is 12.5. The maximum Gasteiger partial charge on any atom is 0.223 e. The molecular formula is C19H22N6OS. The van der Waals surface area contributed by atoms with E-state index >= 15 is 0 Å². The summed E-state index contributed by atoms with van der Waals surface area (Å²) in [6.45, 7) is 5.11. The Balaban J connectivity index is 1.29. The Labute approximate surface area is 162 Å². The van der Waals surface area contributed by atoms with Gasteiger partial charge in [-0.05, 0) is 48.6 Å². The summed E-state index contributed by atoms with van der Waals surface area (Å²) in [5.74, 6) is 1.77. The van der Waals surface area contributed by atoms with Crippen molar-refractivity contribution in [2.24, 2.45) is 0 Å². The highest BCUT2D eigenvalue weighted by Gasteiger charge is 2.22. The standard InChI is InChI=1S/C19H22N6OS/c1-15-7-14-27-16(15)3-6-19(26)24-12-10-23(11-13-24)17-4-5-18(22-21-17)25-9-2-8-20-25/h2,4-5,7-9,14H,3,6,10-13H2,1H3. The van der Waals surface area contributed by atoms with Gasteiger partial charge in [0, 0.05) is 49.9 Å². The van der Waals surface area contributed by atoms with E-state index in [0.717, 1.165) is 38.4 Å². The number of carbonyl (C=O) groups excluding carboxylic acids is 1. The van der Waals surface area contributed by atoms with E-state index in [0.29, 0.717) is 12.2 Å². The molecule has 0 radical (unpaired) electrons. The van der Waals surface area contributed by atoms with Gasteiger partial charge >= 0.3 is 0 Å². The van der Waals surface area contributed by atoms with Crippen molar-refractivity contribution < 1.29 is 4.79 Å². The highest BCUT2D eigenvalue weighted by molar-refractivity contribution is 7.10. The molecule has 0 saturated carbocycles. The number of hydrogen-bond donors (Lipinski definition) is 0. The van der Waals surface area contributed by atoms with Crippen molar-refractivity contribution in [2.45, 2.75) is 19.8 Å². The van der Waals surface area contributed by atoms with E-state index in [1.54, 1.807) is 22.2 Å². The topological polar surface area (TPSA) is 67.2 Å². The summed E-state index contributed by atoms with van der Waals surface area (Å²) < 4.78 is 1.68. The van der Waals surface area contributed by atoms with E-state index in [4.69, 9.17) is 0 Å². The summed E-state index contributed by atoms with van der Waals surface area (Å²) in [5.41, 5.74) is 1.29. The molecule has 7 nitrogen and oxygen atoms in total. The molecule has 1 aliphatic rings.